The topological polar surface area (TPSA) is 29.1 Å². The minimum Gasteiger partial charge on any atom is -0.324 e. The summed E-state index contributed by atoms with van der Waals surface area (Å²) < 4.78 is 0. The minimum atomic E-state index is -0.228. The van der Waals surface area contributed by atoms with Gasteiger partial charge in [-0.3, -0.25) is 4.79 Å². The lowest BCUT2D eigenvalue weighted by Crippen LogP contribution is -2.58. The smallest absolute Gasteiger partial charge is 0.230 e. The second kappa shape index (κ2) is 4.89. The Kier molecular flexibility index (Phi) is 3.36. The molecule has 4 aliphatic rings. The standard InChI is InChI=1S/C19H23Cl2NO/c1-17-6-12-7-18(2,9-17)11-19(8-12,10-17)16(23)22-15-5-13(20)3-4-14(15)21/h3-5,12H,6-11H2,1-2H3,(H,22,23)/t12?,17-,18-,19?/m0/s1. The van der Waals surface area contributed by atoms with Gasteiger partial charge in [-0.05, 0) is 73.5 Å². The highest BCUT2D eigenvalue weighted by molar-refractivity contribution is 6.35. The lowest BCUT2D eigenvalue weighted by atomic mass is 9.40. The first-order valence-corrected chi connectivity index (χ1v) is 9.23. The number of benzene rings is 1. The summed E-state index contributed by atoms with van der Waals surface area (Å²) in [5.41, 5.74) is 1.05. The summed E-state index contributed by atoms with van der Waals surface area (Å²) in [6.07, 6.45) is 6.89. The van der Waals surface area contributed by atoms with Gasteiger partial charge < -0.3 is 5.32 Å². The van der Waals surface area contributed by atoms with Crippen LogP contribution in [0.25, 0.3) is 0 Å². The number of rotatable bonds is 2. The SMILES string of the molecule is C[C@@]12CC3CC(C(=O)Nc4cc(Cl)ccc4Cl)(C1)C[C@@](C)(C3)C2. The number of carbonyl (C=O) groups is 1. The number of hydrogen-bond donors (Lipinski definition) is 1. The van der Waals surface area contributed by atoms with Crippen molar-refractivity contribution in [2.24, 2.45) is 22.2 Å². The molecule has 4 heteroatoms. The third-order valence-electron chi connectivity index (χ3n) is 6.28. The van der Waals surface area contributed by atoms with Crippen molar-refractivity contribution < 1.29 is 4.79 Å². The summed E-state index contributed by atoms with van der Waals surface area (Å²) in [4.78, 5) is 13.2. The van der Waals surface area contributed by atoms with Crippen LogP contribution in [-0.2, 0) is 4.79 Å². The van der Waals surface area contributed by atoms with Crippen LogP contribution in [0.1, 0.15) is 52.4 Å². The van der Waals surface area contributed by atoms with Crippen LogP contribution in [0.15, 0.2) is 18.2 Å². The molecule has 0 aliphatic heterocycles. The van der Waals surface area contributed by atoms with Gasteiger partial charge in [0.25, 0.3) is 0 Å². The maximum Gasteiger partial charge on any atom is 0.230 e. The first-order chi connectivity index (χ1) is 10.7. The molecule has 4 fully saturated rings. The van der Waals surface area contributed by atoms with E-state index in [1.807, 2.05) is 0 Å². The molecule has 2 nitrogen and oxygen atoms in total. The molecule has 1 amide bonds. The van der Waals surface area contributed by atoms with Crippen molar-refractivity contribution in [2.75, 3.05) is 5.32 Å². The van der Waals surface area contributed by atoms with Gasteiger partial charge in [0.2, 0.25) is 5.91 Å². The molecule has 0 heterocycles. The quantitative estimate of drug-likeness (QED) is 0.702. The van der Waals surface area contributed by atoms with Crippen molar-refractivity contribution in [1.82, 2.24) is 0 Å². The van der Waals surface area contributed by atoms with E-state index in [2.05, 4.69) is 19.2 Å². The van der Waals surface area contributed by atoms with Gasteiger partial charge in [-0.1, -0.05) is 37.0 Å². The van der Waals surface area contributed by atoms with Crippen LogP contribution in [0, 0.1) is 22.2 Å². The van der Waals surface area contributed by atoms with E-state index >= 15 is 0 Å². The van der Waals surface area contributed by atoms with Crippen molar-refractivity contribution in [3.05, 3.63) is 28.2 Å². The van der Waals surface area contributed by atoms with Gasteiger partial charge in [0.1, 0.15) is 0 Å². The normalized spacial score (nSPS) is 41.1. The van der Waals surface area contributed by atoms with Crippen LogP contribution in [0.4, 0.5) is 5.69 Å². The summed E-state index contributed by atoms with van der Waals surface area (Å²) in [5, 5.41) is 4.23. The fourth-order valence-corrected chi connectivity index (χ4v) is 6.89. The van der Waals surface area contributed by atoms with Gasteiger partial charge in [-0.25, -0.2) is 0 Å². The Bertz CT molecular complexity index is 668. The van der Waals surface area contributed by atoms with Gasteiger partial charge in [0.15, 0.2) is 0 Å². The minimum absolute atomic E-state index is 0.142. The van der Waals surface area contributed by atoms with Crippen molar-refractivity contribution in [3.8, 4) is 0 Å². The van der Waals surface area contributed by atoms with E-state index in [4.69, 9.17) is 23.2 Å². The van der Waals surface area contributed by atoms with E-state index in [0.717, 1.165) is 19.3 Å². The average Bonchev–Trinajstić information content (AvgIpc) is 2.38. The summed E-state index contributed by atoms with van der Waals surface area (Å²) in [6.45, 7) is 4.76. The summed E-state index contributed by atoms with van der Waals surface area (Å²) >= 11 is 12.3. The van der Waals surface area contributed by atoms with E-state index in [9.17, 15) is 4.79 Å². The molecule has 1 N–H and O–H groups in total. The molecule has 5 rings (SSSR count). The van der Waals surface area contributed by atoms with Crippen LogP contribution >= 0.6 is 23.2 Å². The van der Waals surface area contributed by atoms with Crippen LogP contribution in [0.3, 0.4) is 0 Å². The molecular formula is C19H23Cl2NO. The highest BCUT2D eigenvalue weighted by atomic mass is 35.5. The molecule has 2 atom stereocenters. The molecule has 1 aromatic rings. The van der Waals surface area contributed by atoms with Gasteiger partial charge in [-0.2, -0.15) is 0 Å². The largest absolute Gasteiger partial charge is 0.324 e. The molecule has 0 saturated heterocycles. The number of halogens is 2. The van der Waals surface area contributed by atoms with E-state index in [1.54, 1.807) is 18.2 Å². The third-order valence-corrected chi connectivity index (χ3v) is 6.85. The highest BCUT2D eigenvalue weighted by Crippen LogP contribution is 2.69. The van der Waals surface area contributed by atoms with Crippen molar-refractivity contribution in [3.63, 3.8) is 0 Å². The van der Waals surface area contributed by atoms with Crippen LogP contribution < -0.4 is 5.32 Å². The molecule has 0 aromatic heterocycles. The molecule has 0 radical (unpaired) electrons. The zero-order valence-corrected chi connectivity index (χ0v) is 15.2. The molecule has 0 unspecified atom stereocenters. The maximum absolute atomic E-state index is 13.2. The average molecular weight is 352 g/mol. The monoisotopic (exact) mass is 351 g/mol. The lowest BCUT2D eigenvalue weighted by molar-refractivity contribution is -0.165. The molecule has 124 valence electrons. The van der Waals surface area contributed by atoms with E-state index in [-0.39, 0.29) is 11.3 Å². The number of hydrogen-bond acceptors (Lipinski definition) is 1. The first kappa shape index (κ1) is 15.8. The van der Waals surface area contributed by atoms with Crippen LogP contribution in [-0.4, -0.2) is 5.91 Å². The Morgan fingerprint density at radius 2 is 1.74 bits per heavy atom. The molecule has 23 heavy (non-hydrogen) atoms. The molecule has 4 bridgehead atoms. The summed E-state index contributed by atoms with van der Waals surface area (Å²) in [7, 11) is 0. The second-order valence-electron chi connectivity index (χ2n) is 8.99. The lowest BCUT2D eigenvalue weighted by Gasteiger charge is -2.64. The predicted molar refractivity (Wildman–Crippen MR) is 94.9 cm³/mol. The van der Waals surface area contributed by atoms with E-state index in [1.165, 1.54) is 19.3 Å². The Labute approximate surface area is 147 Å². The zero-order chi connectivity index (χ0) is 16.5. The molecule has 4 saturated carbocycles. The van der Waals surface area contributed by atoms with Crippen LogP contribution in [0.5, 0.6) is 0 Å². The van der Waals surface area contributed by atoms with Gasteiger partial charge in [0.05, 0.1) is 16.1 Å². The van der Waals surface area contributed by atoms with Gasteiger partial charge in [0, 0.05) is 5.02 Å². The maximum atomic E-state index is 13.2. The third kappa shape index (κ3) is 2.59. The van der Waals surface area contributed by atoms with E-state index in [0.29, 0.717) is 32.5 Å². The molecule has 0 spiro atoms. The Hall–Kier alpha value is -0.730. The Balaban J connectivity index is 1.64. The van der Waals surface area contributed by atoms with Crippen molar-refractivity contribution in [1.29, 1.82) is 0 Å². The number of nitrogens with one attached hydrogen (secondary N) is 1. The summed E-state index contributed by atoms with van der Waals surface area (Å²) in [6, 6.07) is 5.22. The number of amides is 1. The number of carbonyl (C=O) groups excluding carboxylic acids is 1. The van der Waals surface area contributed by atoms with Gasteiger partial charge in [-0.15, -0.1) is 0 Å². The fraction of sp³-hybridized carbons (Fsp3) is 0.632. The molecule has 4 aliphatic carbocycles. The number of anilines is 1. The highest BCUT2D eigenvalue weighted by Gasteiger charge is 2.62. The van der Waals surface area contributed by atoms with Crippen molar-refractivity contribution >= 4 is 34.8 Å². The second-order valence-corrected chi connectivity index (χ2v) is 9.83. The Morgan fingerprint density at radius 3 is 2.35 bits per heavy atom. The van der Waals surface area contributed by atoms with E-state index < -0.39 is 0 Å². The fourth-order valence-electron chi connectivity index (χ4n) is 6.55. The zero-order valence-electron chi connectivity index (χ0n) is 13.7. The molecular weight excluding hydrogens is 329 g/mol. The van der Waals surface area contributed by atoms with Crippen LogP contribution in [0.2, 0.25) is 10.0 Å². The summed E-state index contributed by atoms with van der Waals surface area (Å²) in [5.74, 6) is 0.838. The van der Waals surface area contributed by atoms with Crippen molar-refractivity contribution in [2.45, 2.75) is 52.4 Å². The van der Waals surface area contributed by atoms with Gasteiger partial charge >= 0.3 is 0 Å². The molecule has 1 aromatic carbocycles. The Morgan fingerprint density at radius 1 is 1.09 bits per heavy atom. The first-order valence-electron chi connectivity index (χ1n) is 8.48. The predicted octanol–water partition coefficient (Wildman–Crippen LogP) is 5.93.